The van der Waals surface area contributed by atoms with Gasteiger partial charge in [-0.25, -0.2) is 4.99 Å². The quantitative estimate of drug-likeness (QED) is 0.328. The number of rotatable bonds is 7. The molecule has 0 fully saturated rings. The maximum absolute atomic E-state index is 6.23. The first-order chi connectivity index (χ1) is 12.4. The van der Waals surface area contributed by atoms with Gasteiger partial charge in [0.05, 0.1) is 10.7 Å². The van der Waals surface area contributed by atoms with Gasteiger partial charge in [-0.1, -0.05) is 60.8 Å². The van der Waals surface area contributed by atoms with Gasteiger partial charge in [-0.05, 0) is 54.2 Å². The van der Waals surface area contributed by atoms with Crippen LogP contribution in [0.2, 0.25) is 10.0 Å². The Labute approximate surface area is 175 Å². The number of benzene rings is 2. The van der Waals surface area contributed by atoms with Gasteiger partial charge in [0.1, 0.15) is 0 Å². The minimum Gasteiger partial charge on any atom is -0.242 e. The second kappa shape index (κ2) is 11.1. The topological polar surface area (TPSA) is 12.4 Å². The number of aryl methyl sites for hydroxylation is 1. The highest BCUT2D eigenvalue weighted by atomic mass is 35.5. The average Bonchev–Trinajstić information content (AvgIpc) is 2.59. The minimum absolute atomic E-state index is 0.622. The van der Waals surface area contributed by atoms with E-state index in [0.717, 1.165) is 27.8 Å². The van der Waals surface area contributed by atoms with E-state index in [4.69, 9.17) is 28.2 Å². The molecule has 2 rings (SSSR count). The van der Waals surface area contributed by atoms with Crippen molar-refractivity contribution in [1.29, 1.82) is 0 Å². The van der Waals surface area contributed by atoms with E-state index < -0.39 is 0 Å². The molecule has 0 saturated heterocycles. The first-order valence-corrected chi connectivity index (χ1v) is 11.2. The van der Waals surface area contributed by atoms with Crippen LogP contribution in [-0.4, -0.2) is 10.8 Å². The SMILES string of the molecule is Cc1ccc(N=C(C=CSCc2ccc(Cl)cc2Cl)SCC(C)C)cc1. The summed E-state index contributed by atoms with van der Waals surface area (Å²) in [5.41, 5.74) is 3.31. The molecule has 0 saturated carbocycles. The Morgan fingerprint density at radius 1 is 1.12 bits per heavy atom. The fourth-order valence-corrected chi connectivity index (χ4v) is 4.23. The molecule has 0 N–H and O–H groups in total. The lowest BCUT2D eigenvalue weighted by Crippen LogP contribution is -1.95. The van der Waals surface area contributed by atoms with E-state index in [9.17, 15) is 0 Å². The van der Waals surface area contributed by atoms with Crippen LogP contribution >= 0.6 is 46.7 Å². The van der Waals surface area contributed by atoms with Crippen molar-refractivity contribution in [3.63, 3.8) is 0 Å². The molecule has 0 aliphatic rings. The van der Waals surface area contributed by atoms with Crippen molar-refractivity contribution in [3.8, 4) is 0 Å². The van der Waals surface area contributed by atoms with E-state index in [1.807, 2.05) is 12.1 Å². The van der Waals surface area contributed by atoms with Gasteiger partial charge in [0, 0.05) is 21.6 Å². The maximum atomic E-state index is 6.23. The average molecular weight is 424 g/mol. The summed E-state index contributed by atoms with van der Waals surface area (Å²) in [4.78, 5) is 4.78. The van der Waals surface area contributed by atoms with Gasteiger partial charge < -0.3 is 0 Å². The Balaban J connectivity index is 2.02. The van der Waals surface area contributed by atoms with E-state index >= 15 is 0 Å². The molecule has 2 aromatic carbocycles. The smallest absolute Gasteiger partial charge is 0.0972 e. The van der Waals surface area contributed by atoms with Crippen molar-refractivity contribution in [2.75, 3.05) is 5.75 Å². The van der Waals surface area contributed by atoms with Crippen LogP contribution in [0.4, 0.5) is 5.69 Å². The van der Waals surface area contributed by atoms with Gasteiger partial charge in [0.25, 0.3) is 0 Å². The van der Waals surface area contributed by atoms with Crippen LogP contribution in [0.3, 0.4) is 0 Å². The number of halogens is 2. The first-order valence-electron chi connectivity index (χ1n) is 8.44. The summed E-state index contributed by atoms with van der Waals surface area (Å²) in [6, 6.07) is 13.9. The molecule has 0 bridgehead atoms. The molecule has 138 valence electrons. The summed E-state index contributed by atoms with van der Waals surface area (Å²) in [6.45, 7) is 6.52. The Bertz CT molecular complexity index is 768. The van der Waals surface area contributed by atoms with Crippen LogP contribution in [-0.2, 0) is 5.75 Å². The zero-order valence-corrected chi connectivity index (χ0v) is 18.4. The van der Waals surface area contributed by atoms with Crippen molar-refractivity contribution in [1.82, 2.24) is 0 Å². The van der Waals surface area contributed by atoms with Gasteiger partial charge in [0.2, 0.25) is 0 Å². The second-order valence-electron chi connectivity index (χ2n) is 6.34. The lowest BCUT2D eigenvalue weighted by molar-refractivity contribution is 0.752. The summed E-state index contributed by atoms with van der Waals surface area (Å²) in [5.74, 6) is 2.47. The zero-order chi connectivity index (χ0) is 18.9. The van der Waals surface area contributed by atoms with Crippen LogP contribution < -0.4 is 0 Å². The van der Waals surface area contributed by atoms with Gasteiger partial charge in [-0.2, -0.15) is 0 Å². The van der Waals surface area contributed by atoms with Gasteiger partial charge in [0.15, 0.2) is 0 Å². The predicted octanol–water partition coefficient (Wildman–Crippen LogP) is 8.17. The molecule has 5 heteroatoms. The van der Waals surface area contributed by atoms with E-state index in [1.54, 1.807) is 29.6 Å². The Kier molecular flexibility index (Phi) is 9.13. The number of hydrogen-bond acceptors (Lipinski definition) is 3. The summed E-state index contributed by atoms with van der Waals surface area (Å²) in [5, 5.41) is 4.49. The molecule has 0 aromatic heterocycles. The third kappa shape index (κ3) is 7.79. The zero-order valence-electron chi connectivity index (χ0n) is 15.2. The largest absolute Gasteiger partial charge is 0.242 e. The van der Waals surface area contributed by atoms with E-state index in [0.29, 0.717) is 16.0 Å². The normalized spacial score (nSPS) is 12.3. The van der Waals surface area contributed by atoms with E-state index in [-0.39, 0.29) is 0 Å². The highest BCUT2D eigenvalue weighted by Crippen LogP contribution is 2.26. The molecule has 0 radical (unpaired) electrons. The molecule has 1 nitrogen and oxygen atoms in total. The van der Waals surface area contributed by atoms with Crippen molar-refractivity contribution < 1.29 is 0 Å². The monoisotopic (exact) mass is 423 g/mol. The molecule has 0 amide bonds. The number of aliphatic imine (C=N–C) groups is 1. The minimum atomic E-state index is 0.622. The summed E-state index contributed by atoms with van der Waals surface area (Å²) in [7, 11) is 0. The van der Waals surface area contributed by atoms with E-state index in [2.05, 4.69) is 56.5 Å². The Morgan fingerprint density at radius 3 is 2.50 bits per heavy atom. The highest BCUT2D eigenvalue weighted by Gasteiger charge is 2.02. The van der Waals surface area contributed by atoms with Crippen molar-refractivity contribution in [2.45, 2.75) is 26.5 Å². The molecule has 0 aliphatic heterocycles. The Hall–Kier alpha value is -0.870. The lowest BCUT2D eigenvalue weighted by atomic mass is 10.2. The van der Waals surface area contributed by atoms with Crippen molar-refractivity contribution in [2.24, 2.45) is 10.9 Å². The third-order valence-electron chi connectivity index (χ3n) is 3.40. The van der Waals surface area contributed by atoms with Crippen LogP contribution in [0, 0.1) is 12.8 Å². The fourth-order valence-electron chi connectivity index (χ4n) is 2.00. The first kappa shape index (κ1) is 21.4. The molecule has 2 aromatic rings. The van der Waals surface area contributed by atoms with Crippen molar-refractivity contribution >= 4 is 57.5 Å². The summed E-state index contributed by atoms with van der Waals surface area (Å²) < 4.78 is 0. The molecule has 0 aliphatic carbocycles. The molecule has 26 heavy (non-hydrogen) atoms. The molecule has 0 unspecified atom stereocenters. The number of hydrogen-bond donors (Lipinski definition) is 0. The molecular weight excluding hydrogens is 401 g/mol. The third-order valence-corrected chi connectivity index (χ3v) is 6.15. The molecule has 0 spiro atoms. The molecule has 0 heterocycles. The fraction of sp³-hybridized carbons (Fsp3) is 0.286. The molecule has 0 atom stereocenters. The predicted molar refractivity (Wildman–Crippen MR) is 122 cm³/mol. The van der Waals surface area contributed by atoms with Crippen LogP contribution in [0.25, 0.3) is 0 Å². The standard InChI is InChI=1S/C21H23Cl2NS2/c1-15(2)13-26-21(24-19-8-4-16(3)5-9-19)10-11-25-14-17-6-7-18(22)12-20(17)23/h4-12,15H,13-14H2,1-3H3. The number of nitrogens with zero attached hydrogens (tertiary/aromatic N) is 1. The van der Waals surface area contributed by atoms with E-state index in [1.165, 1.54) is 5.56 Å². The van der Waals surface area contributed by atoms with Crippen LogP contribution in [0.15, 0.2) is 58.9 Å². The molecular formula is C21H23Cl2NS2. The summed E-state index contributed by atoms with van der Waals surface area (Å²) in [6.07, 6.45) is 2.08. The second-order valence-corrected chi connectivity index (χ2v) is 9.12. The van der Waals surface area contributed by atoms with Gasteiger partial charge in [-0.15, -0.1) is 23.5 Å². The van der Waals surface area contributed by atoms with Crippen molar-refractivity contribution in [3.05, 3.63) is 75.1 Å². The van der Waals surface area contributed by atoms with Crippen LogP contribution in [0.1, 0.15) is 25.0 Å². The maximum Gasteiger partial charge on any atom is 0.0972 e. The Morgan fingerprint density at radius 2 is 1.85 bits per heavy atom. The summed E-state index contributed by atoms with van der Waals surface area (Å²) >= 11 is 15.7. The lowest BCUT2D eigenvalue weighted by Gasteiger charge is -2.06. The van der Waals surface area contributed by atoms with Gasteiger partial charge >= 0.3 is 0 Å². The number of thioether (sulfide) groups is 2. The van der Waals surface area contributed by atoms with Gasteiger partial charge in [-0.3, -0.25) is 0 Å². The highest BCUT2D eigenvalue weighted by molar-refractivity contribution is 8.14. The van der Waals surface area contributed by atoms with Crippen LogP contribution in [0.5, 0.6) is 0 Å².